The highest BCUT2D eigenvalue weighted by Crippen LogP contribution is 2.30. The molecule has 30 heavy (non-hydrogen) atoms. The van der Waals surface area contributed by atoms with Gasteiger partial charge in [0.1, 0.15) is 5.03 Å². The topological polar surface area (TPSA) is 54.5 Å². The molecule has 2 heterocycles. The van der Waals surface area contributed by atoms with Gasteiger partial charge in [0.2, 0.25) is 0 Å². The van der Waals surface area contributed by atoms with E-state index in [4.69, 9.17) is 4.74 Å². The summed E-state index contributed by atoms with van der Waals surface area (Å²) in [5.41, 5.74) is 3.54. The maximum absolute atomic E-state index is 13.0. The lowest BCUT2D eigenvalue weighted by molar-refractivity contribution is 0.102. The molecule has 1 saturated heterocycles. The summed E-state index contributed by atoms with van der Waals surface area (Å²) in [5.74, 6) is -0.162. The average molecular weight is 484 g/mol. The maximum Gasteiger partial charge on any atom is 0.258 e. The van der Waals surface area contributed by atoms with Gasteiger partial charge in [0.05, 0.1) is 18.8 Å². The minimum Gasteiger partial charge on any atom is -0.378 e. The third-order valence-corrected chi connectivity index (χ3v) is 6.43. The van der Waals surface area contributed by atoms with Gasteiger partial charge in [-0.1, -0.05) is 27.7 Å². The number of morpholine rings is 1. The SMILES string of the molecule is Cc1cc(N2CCOCC2)ccc1NC(=O)c1cccnc1Sc1ccc(Br)cc1. The molecule has 0 unspecified atom stereocenters. The smallest absolute Gasteiger partial charge is 0.258 e. The summed E-state index contributed by atoms with van der Waals surface area (Å²) in [6.07, 6.45) is 1.71. The Kier molecular flexibility index (Phi) is 6.72. The van der Waals surface area contributed by atoms with Crippen LogP contribution in [0.5, 0.6) is 0 Å². The van der Waals surface area contributed by atoms with E-state index in [0.29, 0.717) is 10.6 Å². The number of hydrogen-bond acceptors (Lipinski definition) is 5. The lowest BCUT2D eigenvalue weighted by atomic mass is 10.1. The van der Waals surface area contributed by atoms with Crippen molar-refractivity contribution in [2.45, 2.75) is 16.8 Å². The number of rotatable bonds is 5. The molecule has 0 aliphatic carbocycles. The Morgan fingerprint density at radius 1 is 1.13 bits per heavy atom. The first-order valence-corrected chi connectivity index (χ1v) is 11.3. The van der Waals surface area contributed by atoms with Gasteiger partial charge in [-0.25, -0.2) is 4.98 Å². The molecule has 5 nitrogen and oxygen atoms in total. The van der Waals surface area contributed by atoms with E-state index in [-0.39, 0.29) is 5.91 Å². The normalized spacial score (nSPS) is 13.9. The molecule has 4 rings (SSSR count). The summed E-state index contributed by atoms with van der Waals surface area (Å²) < 4.78 is 6.44. The van der Waals surface area contributed by atoms with Gasteiger partial charge >= 0.3 is 0 Å². The molecule has 7 heteroatoms. The summed E-state index contributed by atoms with van der Waals surface area (Å²) in [6, 6.07) is 17.7. The van der Waals surface area contributed by atoms with Gasteiger partial charge in [-0.2, -0.15) is 0 Å². The van der Waals surface area contributed by atoms with Crippen LogP contribution < -0.4 is 10.2 Å². The quantitative estimate of drug-likeness (QED) is 0.526. The van der Waals surface area contributed by atoms with Gasteiger partial charge in [-0.15, -0.1) is 0 Å². The van der Waals surface area contributed by atoms with E-state index in [9.17, 15) is 4.79 Å². The van der Waals surface area contributed by atoms with E-state index in [1.807, 2.05) is 37.3 Å². The van der Waals surface area contributed by atoms with Crippen LogP contribution in [-0.2, 0) is 4.74 Å². The number of benzene rings is 2. The van der Waals surface area contributed by atoms with Gasteiger partial charge in [-0.3, -0.25) is 4.79 Å². The number of pyridine rings is 1. The van der Waals surface area contributed by atoms with Crippen LogP contribution >= 0.6 is 27.7 Å². The van der Waals surface area contributed by atoms with Crippen LogP contribution in [0.15, 0.2) is 75.2 Å². The van der Waals surface area contributed by atoms with E-state index in [0.717, 1.165) is 52.6 Å². The molecular weight excluding hydrogens is 462 g/mol. The number of nitrogens with zero attached hydrogens (tertiary/aromatic N) is 2. The first kappa shape index (κ1) is 20.9. The van der Waals surface area contributed by atoms with Crippen molar-refractivity contribution in [1.29, 1.82) is 0 Å². The van der Waals surface area contributed by atoms with Gasteiger partial charge < -0.3 is 15.0 Å². The molecule has 0 atom stereocenters. The number of hydrogen-bond donors (Lipinski definition) is 1. The van der Waals surface area contributed by atoms with Crippen molar-refractivity contribution < 1.29 is 9.53 Å². The summed E-state index contributed by atoms with van der Waals surface area (Å²) in [5, 5.41) is 3.73. The van der Waals surface area contributed by atoms with Crippen LogP contribution in [0.3, 0.4) is 0 Å². The summed E-state index contributed by atoms with van der Waals surface area (Å²) in [4.78, 5) is 20.8. The summed E-state index contributed by atoms with van der Waals surface area (Å²) in [7, 11) is 0. The van der Waals surface area contributed by atoms with Gasteiger partial charge in [0.25, 0.3) is 5.91 Å². The van der Waals surface area contributed by atoms with Crippen molar-refractivity contribution >= 4 is 45.0 Å². The van der Waals surface area contributed by atoms with Crippen molar-refractivity contribution in [1.82, 2.24) is 4.98 Å². The summed E-state index contributed by atoms with van der Waals surface area (Å²) in [6.45, 7) is 5.28. The molecule has 1 N–H and O–H groups in total. The number of halogens is 1. The van der Waals surface area contributed by atoms with Crippen LogP contribution in [0.2, 0.25) is 0 Å². The number of nitrogens with one attached hydrogen (secondary N) is 1. The number of carbonyl (C=O) groups is 1. The monoisotopic (exact) mass is 483 g/mol. The van der Waals surface area contributed by atoms with Crippen LogP contribution in [0.25, 0.3) is 0 Å². The molecule has 0 saturated carbocycles. The van der Waals surface area contributed by atoms with Crippen molar-refractivity contribution in [2.75, 3.05) is 36.5 Å². The zero-order valence-electron chi connectivity index (χ0n) is 16.6. The standard InChI is InChI=1S/C23H22BrN3O2S/c1-16-15-18(27-11-13-29-14-12-27)6-9-21(16)26-22(28)20-3-2-10-25-23(20)30-19-7-4-17(24)5-8-19/h2-10,15H,11-14H2,1H3,(H,26,28). The molecule has 1 aliphatic heterocycles. The van der Waals surface area contributed by atoms with Gasteiger partial charge in [0.15, 0.2) is 0 Å². The number of ether oxygens (including phenoxy) is 1. The Morgan fingerprint density at radius 2 is 1.90 bits per heavy atom. The third kappa shape index (κ3) is 5.03. The highest BCUT2D eigenvalue weighted by molar-refractivity contribution is 9.10. The number of amides is 1. The fourth-order valence-corrected chi connectivity index (χ4v) is 4.40. The van der Waals surface area contributed by atoms with Crippen LogP contribution in [0.4, 0.5) is 11.4 Å². The molecule has 2 aromatic carbocycles. The van der Waals surface area contributed by atoms with E-state index >= 15 is 0 Å². The van der Waals surface area contributed by atoms with E-state index in [2.05, 4.69) is 43.3 Å². The Hall–Kier alpha value is -2.35. The first-order chi connectivity index (χ1) is 14.6. The number of anilines is 2. The molecule has 1 aromatic heterocycles. The van der Waals surface area contributed by atoms with Crippen LogP contribution in [0, 0.1) is 6.92 Å². The zero-order valence-corrected chi connectivity index (χ0v) is 19.0. The molecule has 3 aromatic rings. The average Bonchev–Trinajstić information content (AvgIpc) is 2.77. The fourth-order valence-electron chi connectivity index (χ4n) is 3.26. The molecule has 154 valence electrons. The predicted octanol–water partition coefficient (Wildman–Crippen LogP) is 5.39. The molecule has 0 radical (unpaired) electrons. The highest BCUT2D eigenvalue weighted by atomic mass is 79.9. The van der Waals surface area contributed by atoms with Crippen LogP contribution in [-0.4, -0.2) is 37.2 Å². The predicted molar refractivity (Wildman–Crippen MR) is 125 cm³/mol. The lowest BCUT2D eigenvalue weighted by Gasteiger charge is -2.29. The second-order valence-electron chi connectivity index (χ2n) is 6.96. The van der Waals surface area contributed by atoms with Crippen molar-refractivity contribution in [3.63, 3.8) is 0 Å². The lowest BCUT2D eigenvalue weighted by Crippen LogP contribution is -2.36. The van der Waals surface area contributed by atoms with E-state index < -0.39 is 0 Å². The first-order valence-electron chi connectivity index (χ1n) is 9.73. The molecule has 0 spiro atoms. The van der Waals surface area contributed by atoms with Crippen molar-refractivity contribution in [3.8, 4) is 0 Å². The molecule has 1 amide bonds. The maximum atomic E-state index is 13.0. The number of carbonyl (C=O) groups excluding carboxylic acids is 1. The Bertz CT molecular complexity index is 1040. The van der Waals surface area contributed by atoms with Gasteiger partial charge in [0, 0.05) is 40.0 Å². The zero-order chi connectivity index (χ0) is 20.9. The number of aryl methyl sites for hydroxylation is 1. The van der Waals surface area contributed by atoms with E-state index in [1.54, 1.807) is 18.3 Å². The minimum absolute atomic E-state index is 0.162. The molecular formula is C23H22BrN3O2S. The van der Waals surface area contributed by atoms with Crippen molar-refractivity contribution in [3.05, 3.63) is 76.4 Å². The molecule has 1 fully saturated rings. The van der Waals surface area contributed by atoms with Gasteiger partial charge in [-0.05, 0) is 67.1 Å². The summed E-state index contributed by atoms with van der Waals surface area (Å²) >= 11 is 4.92. The third-order valence-electron chi connectivity index (χ3n) is 4.88. The Labute approximate surface area is 189 Å². The second-order valence-corrected chi connectivity index (χ2v) is 8.94. The fraction of sp³-hybridized carbons (Fsp3) is 0.217. The largest absolute Gasteiger partial charge is 0.378 e. The number of aromatic nitrogens is 1. The van der Waals surface area contributed by atoms with Crippen LogP contribution in [0.1, 0.15) is 15.9 Å². The Morgan fingerprint density at radius 3 is 2.63 bits per heavy atom. The Balaban J connectivity index is 1.50. The van der Waals surface area contributed by atoms with E-state index in [1.165, 1.54) is 11.8 Å². The molecule has 0 bridgehead atoms. The minimum atomic E-state index is -0.162. The second kappa shape index (κ2) is 9.64. The highest BCUT2D eigenvalue weighted by Gasteiger charge is 2.16. The molecule has 1 aliphatic rings. The van der Waals surface area contributed by atoms with Crippen molar-refractivity contribution in [2.24, 2.45) is 0 Å².